The van der Waals surface area contributed by atoms with Gasteiger partial charge in [-0.3, -0.25) is 9.59 Å². The average Bonchev–Trinajstić information content (AvgIpc) is 2.16. The lowest BCUT2D eigenvalue weighted by Crippen LogP contribution is -2.41. The standard InChI is InChI=1S/C8H9N3O2.NO3/c9-7(12)5-11-3-1-2-6(4-11)8(10)13;2-1(3)4/h1-4H,5H2,(H3-,9,10,12,13);/q;-1/p+1. The summed E-state index contributed by atoms with van der Waals surface area (Å²) >= 11 is 0. The van der Waals surface area contributed by atoms with Crippen LogP contribution < -0.4 is 16.0 Å². The average molecular weight is 242 g/mol. The number of nitrogens with two attached hydrogens (primary N) is 2. The van der Waals surface area contributed by atoms with Gasteiger partial charge in [-0.15, -0.1) is 0 Å². The van der Waals surface area contributed by atoms with Crippen molar-refractivity contribution in [2.24, 2.45) is 11.5 Å². The Labute approximate surface area is 95.4 Å². The van der Waals surface area contributed by atoms with E-state index in [0.717, 1.165) is 0 Å². The summed E-state index contributed by atoms with van der Waals surface area (Å²) in [5.74, 6) is -0.995. The highest BCUT2D eigenvalue weighted by molar-refractivity contribution is 5.92. The molecule has 0 aliphatic rings. The highest BCUT2D eigenvalue weighted by atomic mass is 16.9. The zero-order valence-corrected chi connectivity index (χ0v) is 8.61. The minimum absolute atomic E-state index is 0.0428. The van der Waals surface area contributed by atoms with Crippen molar-refractivity contribution in [3.05, 3.63) is 45.4 Å². The minimum Gasteiger partial charge on any atom is -0.365 e. The number of rotatable bonds is 3. The molecule has 0 bridgehead atoms. The molecule has 0 aliphatic carbocycles. The van der Waals surface area contributed by atoms with E-state index in [1.54, 1.807) is 18.3 Å². The van der Waals surface area contributed by atoms with Crippen LogP contribution in [-0.2, 0) is 11.3 Å². The van der Waals surface area contributed by atoms with Gasteiger partial charge in [-0.2, -0.15) is 4.57 Å². The molecule has 0 fully saturated rings. The van der Waals surface area contributed by atoms with Crippen LogP contribution in [0.2, 0.25) is 0 Å². The number of hydrogen-bond acceptors (Lipinski definition) is 5. The van der Waals surface area contributed by atoms with E-state index in [9.17, 15) is 9.59 Å². The first-order valence-electron chi connectivity index (χ1n) is 4.21. The summed E-state index contributed by atoms with van der Waals surface area (Å²) in [7, 11) is 0. The lowest BCUT2D eigenvalue weighted by molar-refractivity contribution is -0.684. The van der Waals surface area contributed by atoms with Gasteiger partial charge in [0, 0.05) is 6.07 Å². The Morgan fingerprint density at radius 3 is 2.29 bits per heavy atom. The first-order chi connectivity index (χ1) is 7.82. The molecule has 9 heteroatoms. The fourth-order valence-electron chi connectivity index (χ4n) is 0.946. The van der Waals surface area contributed by atoms with Crippen molar-refractivity contribution in [1.29, 1.82) is 0 Å². The molecule has 0 atom stereocenters. The van der Waals surface area contributed by atoms with Crippen molar-refractivity contribution in [3.8, 4) is 0 Å². The summed E-state index contributed by atoms with van der Waals surface area (Å²) < 4.78 is 1.50. The Morgan fingerprint density at radius 1 is 1.35 bits per heavy atom. The van der Waals surface area contributed by atoms with Gasteiger partial charge in [-0.1, -0.05) is 0 Å². The van der Waals surface area contributed by atoms with Gasteiger partial charge < -0.3 is 26.8 Å². The van der Waals surface area contributed by atoms with Crippen LogP contribution in [-0.4, -0.2) is 16.9 Å². The Kier molecular flexibility index (Phi) is 5.64. The Hall–Kier alpha value is -2.71. The third kappa shape index (κ3) is 7.25. The van der Waals surface area contributed by atoms with E-state index in [4.69, 9.17) is 26.8 Å². The molecule has 0 radical (unpaired) electrons. The first kappa shape index (κ1) is 14.3. The predicted octanol–water partition coefficient (Wildman–Crippen LogP) is -1.68. The fraction of sp³-hybridized carbons (Fsp3) is 0.125. The van der Waals surface area contributed by atoms with E-state index in [1.165, 1.54) is 10.8 Å². The first-order valence-corrected chi connectivity index (χ1v) is 4.21. The van der Waals surface area contributed by atoms with Gasteiger partial charge in [0.2, 0.25) is 6.54 Å². The van der Waals surface area contributed by atoms with Crippen molar-refractivity contribution < 1.29 is 19.2 Å². The van der Waals surface area contributed by atoms with Crippen LogP contribution in [0.4, 0.5) is 0 Å². The zero-order valence-electron chi connectivity index (χ0n) is 8.61. The van der Waals surface area contributed by atoms with Crippen LogP contribution in [0.25, 0.3) is 0 Å². The molecule has 0 saturated heterocycles. The molecule has 0 saturated carbocycles. The quantitative estimate of drug-likeness (QED) is 0.367. The lowest BCUT2D eigenvalue weighted by Gasteiger charge is -1.94. The second kappa shape index (κ2) is 6.71. The third-order valence-corrected chi connectivity index (χ3v) is 1.48. The molecule has 1 aromatic rings. The van der Waals surface area contributed by atoms with Crippen molar-refractivity contribution in [2.75, 3.05) is 0 Å². The van der Waals surface area contributed by atoms with Gasteiger partial charge in [0.25, 0.3) is 11.8 Å². The number of primary amides is 2. The summed E-state index contributed by atoms with van der Waals surface area (Å²) in [5, 5.41) is 14.8. The van der Waals surface area contributed by atoms with Gasteiger partial charge in [0.15, 0.2) is 12.4 Å². The van der Waals surface area contributed by atoms with Crippen molar-refractivity contribution in [3.63, 3.8) is 0 Å². The Morgan fingerprint density at radius 2 is 1.88 bits per heavy atom. The molecule has 4 N–H and O–H groups in total. The molecule has 0 unspecified atom stereocenters. The predicted molar refractivity (Wildman–Crippen MR) is 54.7 cm³/mol. The molecule has 9 nitrogen and oxygen atoms in total. The molecule has 1 heterocycles. The molecule has 2 amide bonds. The van der Waals surface area contributed by atoms with Crippen molar-refractivity contribution >= 4 is 11.8 Å². The topological polar surface area (TPSA) is 156 Å². The lowest BCUT2D eigenvalue weighted by atomic mass is 10.3. The molecular formula is C8H10N4O5. The normalized spacial score (nSPS) is 8.71. The fourth-order valence-corrected chi connectivity index (χ4v) is 0.946. The SMILES string of the molecule is NC(=O)C[n+]1cccc(C(N)=O)c1.O=[N+]([O-])[O-]. The second-order valence-electron chi connectivity index (χ2n) is 2.82. The minimum atomic E-state index is -1.75. The van der Waals surface area contributed by atoms with E-state index in [0.29, 0.717) is 5.56 Å². The molecule has 0 spiro atoms. The number of aromatic nitrogens is 1. The molecule has 17 heavy (non-hydrogen) atoms. The molecule has 0 aromatic carbocycles. The number of nitrogens with zero attached hydrogens (tertiary/aromatic N) is 2. The highest BCUT2D eigenvalue weighted by Gasteiger charge is 2.08. The van der Waals surface area contributed by atoms with E-state index >= 15 is 0 Å². The second-order valence-corrected chi connectivity index (χ2v) is 2.82. The number of carbonyl (C=O) groups is 2. The maximum absolute atomic E-state index is 10.7. The summed E-state index contributed by atoms with van der Waals surface area (Å²) in [5.41, 5.74) is 10.4. The Balaban J connectivity index is 0.000000557. The molecule has 1 aromatic heterocycles. The van der Waals surface area contributed by atoms with Crippen molar-refractivity contribution in [2.45, 2.75) is 6.54 Å². The van der Waals surface area contributed by atoms with Crippen LogP contribution in [0, 0.1) is 15.3 Å². The van der Waals surface area contributed by atoms with Crippen LogP contribution in [0.1, 0.15) is 10.4 Å². The molecule has 0 aliphatic heterocycles. The highest BCUT2D eigenvalue weighted by Crippen LogP contribution is 1.91. The van der Waals surface area contributed by atoms with Gasteiger partial charge in [0.05, 0.1) is 5.09 Å². The number of amides is 2. The zero-order chi connectivity index (χ0) is 13.4. The number of hydrogen-bond donors (Lipinski definition) is 2. The van der Waals surface area contributed by atoms with Crippen LogP contribution in [0.3, 0.4) is 0 Å². The van der Waals surface area contributed by atoms with Crippen LogP contribution >= 0.6 is 0 Å². The summed E-state index contributed by atoms with van der Waals surface area (Å²) in [6.07, 6.45) is 3.12. The van der Waals surface area contributed by atoms with Crippen LogP contribution in [0.15, 0.2) is 24.5 Å². The Bertz CT molecular complexity index is 430. The summed E-state index contributed by atoms with van der Waals surface area (Å²) in [4.78, 5) is 29.5. The van der Waals surface area contributed by atoms with Gasteiger partial charge in [0.1, 0.15) is 5.56 Å². The summed E-state index contributed by atoms with van der Waals surface area (Å²) in [6.45, 7) is 0.0428. The third-order valence-electron chi connectivity index (χ3n) is 1.48. The van der Waals surface area contributed by atoms with Gasteiger partial charge in [-0.05, 0) is 6.07 Å². The maximum atomic E-state index is 10.7. The van der Waals surface area contributed by atoms with Gasteiger partial charge >= 0.3 is 0 Å². The van der Waals surface area contributed by atoms with Crippen LogP contribution in [0.5, 0.6) is 0 Å². The van der Waals surface area contributed by atoms with E-state index < -0.39 is 16.9 Å². The largest absolute Gasteiger partial charge is 0.365 e. The van der Waals surface area contributed by atoms with E-state index in [-0.39, 0.29) is 6.54 Å². The van der Waals surface area contributed by atoms with Gasteiger partial charge in [-0.25, -0.2) is 0 Å². The summed E-state index contributed by atoms with van der Waals surface area (Å²) in [6, 6.07) is 3.20. The van der Waals surface area contributed by atoms with E-state index in [2.05, 4.69) is 0 Å². The monoisotopic (exact) mass is 242 g/mol. The number of pyridine rings is 1. The number of carbonyl (C=O) groups excluding carboxylic acids is 2. The van der Waals surface area contributed by atoms with Crippen molar-refractivity contribution in [1.82, 2.24) is 0 Å². The maximum Gasteiger partial charge on any atom is 0.283 e. The van der Waals surface area contributed by atoms with E-state index in [1.807, 2.05) is 0 Å². The smallest absolute Gasteiger partial charge is 0.283 e. The molecule has 1 rings (SSSR count). The molecular weight excluding hydrogens is 232 g/mol. The molecule has 92 valence electrons.